The van der Waals surface area contributed by atoms with E-state index in [1.165, 1.54) is 5.56 Å². The van der Waals surface area contributed by atoms with Crippen molar-refractivity contribution >= 4 is 11.6 Å². The van der Waals surface area contributed by atoms with E-state index >= 15 is 0 Å². The average Bonchev–Trinajstić information content (AvgIpc) is 2.74. The lowest BCUT2D eigenvalue weighted by Crippen LogP contribution is -2.32. The first kappa shape index (κ1) is 11.7. The standard InChI is InChI=1S/C13H15ClN4/c1-9-13-17-16-12(18(13)6-5-15-9)8-10-3-2-4-11(14)7-10/h2-4,7,9,15H,5-6,8H2,1H3. The maximum absolute atomic E-state index is 6.00. The van der Waals surface area contributed by atoms with E-state index in [1.54, 1.807) is 0 Å². The van der Waals surface area contributed by atoms with Gasteiger partial charge >= 0.3 is 0 Å². The van der Waals surface area contributed by atoms with E-state index in [0.29, 0.717) is 0 Å². The molecule has 3 rings (SSSR count). The number of hydrogen-bond donors (Lipinski definition) is 1. The number of aromatic nitrogens is 3. The van der Waals surface area contributed by atoms with Gasteiger partial charge in [0.25, 0.3) is 0 Å². The molecule has 1 atom stereocenters. The van der Waals surface area contributed by atoms with E-state index in [9.17, 15) is 0 Å². The van der Waals surface area contributed by atoms with Gasteiger partial charge in [0.15, 0.2) is 0 Å². The maximum atomic E-state index is 6.00. The van der Waals surface area contributed by atoms with Gasteiger partial charge in [0.2, 0.25) is 0 Å². The van der Waals surface area contributed by atoms with Crippen LogP contribution >= 0.6 is 11.6 Å². The summed E-state index contributed by atoms with van der Waals surface area (Å²) in [6, 6.07) is 8.18. The molecule has 1 N–H and O–H groups in total. The average molecular weight is 263 g/mol. The second kappa shape index (κ2) is 4.71. The summed E-state index contributed by atoms with van der Waals surface area (Å²) in [7, 11) is 0. The summed E-state index contributed by atoms with van der Waals surface area (Å²) < 4.78 is 2.21. The smallest absolute Gasteiger partial charge is 0.149 e. The number of benzene rings is 1. The lowest BCUT2D eigenvalue weighted by atomic mass is 10.1. The quantitative estimate of drug-likeness (QED) is 0.902. The van der Waals surface area contributed by atoms with E-state index in [2.05, 4.69) is 33.1 Å². The summed E-state index contributed by atoms with van der Waals surface area (Å²) >= 11 is 6.00. The predicted molar refractivity (Wildman–Crippen MR) is 70.7 cm³/mol. The van der Waals surface area contributed by atoms with Gasteiger partial charge in [0.1, 0.15) is 11.6 Å². The third-order valence-electron chi connectivity index (χ3n) is 3.28. The van der Waals surface area contributed by atoms with Crippen molar-refractivity contribution < 1.29 is 0 Å². The number of rotatable bonds is 2. The molecule has 4 nitrogen and oxygen atoms in total. The maximum Gasteiger partial charge on any atom is 0.149 e. The van der Waals surface area contributed by atoms with Crippen LogP contribution in [0, 0.1) is 0 Å². The highest BCUT2D eigenvalue weighted by molar-refractivity contribution is 6.30. The molecule has 1 unspecified atom stereocenters. The molecule has 5 heteroatoms. The molecule has 94 valence electrons. The molecule has 0 amide bonds. The lowest BCUT2D eigenvalue weighted by molar-refractivity contribution is 0.431. The molecule has 0 saturated heterocycles. The molecular formula is C13H15ClN4. The lowest BCUT2D eigenvalue weighted by Gasteiger charge is -2.21. The Morgan fingerprint density at radius 2 is 2.33 bits per heavy atom. The van der Waals surface area contributed by atoms with Crippen LogP contribution in [0.1, 0.15) is 30.2 Å². The zero-order valence-electron chi connectivity index (χ0n) is 10.2. The molecule has 18 heavy (non-hydrogen) atoms. The molecule has 1 aromatic heterocycles. The molecule has 0 aliphatic carbocycles. The van der Waals surface area contributed by atoms with Crippen LogP contribution < -0.4 is 5.32 Å². The van der Waals surface area contributed by atoms with Crippen molar-refractivity contribution in [3.63, 3.8) is 0 Å². The van der Waals surface area contributed by atoms with Crippen LogP contribution in [0.2, 0.25) is 5.02 Å². The van der Waals surface area contributed by atoms with Crippen molar-refractivity contribution in [1.82, 2.24) is 20.1 Å². The Balaban J connectivity index is 1.90. The normalized spacial score (nSPS) is 18.7. The number of nitrogens with one attached hydrogen (secondary N) is 1. The number of hydrogen-bond acceptors (Lipinski definition) is 3. The predicted octanol–water partition coefficient (Wildman–Crippen LogP) is 2.19. The van der Waals surface area contributed by atoms with Crippen molar-refractivity contribution in [2.24, 2.45) is 0 Å². The highest BCUT2D eigenvalue weighted by Crippen LogP contribution is 2.19. The first-order valence-electron chi connectivity index (χ1n) is 6.14. The van der Waals surface area contributed by atoms with Gasteiger partial charge in [-0.15, -0.1) is 10.2 Å². The van der Waals surface area contributed by atoms with Crippen molar-refractivity contribution in [1.29, 1.82) is 0 Å². The van der Waals surface area contributed by atoms with Crippen LogP contribution in [0.5, 0.6) is 0 Å². The molecule has 1 aliphatic heterocycles. The van der Waals surface area contributed by atoms with E-state index in [0.717, 1.165) is 36.2 Å². The minimum Gasteiger partial charge on any atom is -0.312 e. The minimum absolute atomic E-state index is 0.277. The fraction of sp³-hybridized carbons (Fsp3) is 0.385. The van der Waals surface area contributed by atoms with E-state index in [1.807, 2.05) is 18.2 Å². The number of halogens is 1. The van der Waals surface area contributed by atoms with Gasteiger partial charge in [-0.2, -0.15) is 0 Å². The fourth-order valence-electron chi connectivity index (χ4n) is 2.36. The van der Waals surface area contributed by atoms with Gasteiger partial charge in [0.05, 0.1) is 6.04 Å². The second-order valence-corrected chi connectivity index (χ2v) is 5.05. The zero-order valence-corrected chi connectivity index (χ0v) is 11.0. The molecular weight excluding hydrogens is 248 g/mol. The highest BCUT2D eigenvalue weighted by Gasteiger charge is 2.21. The summed E-state index contributed by atoms with van der Waals surface area (Å²) in [6.07, 6.45) is 0.778. The molecule has 1 aromatic carbocycles. The van der Waals surface area contributed by atoms with Crippen LogP contribution in [0.25, 0.3) is 0 Å². The van der Waals surface area contributed by atoms with Crippen LogP contribution in [-0.2, 0) is 13.0 Å². The largest absolute Gasteiger partial charge is 0.312 e. The van der Waals surface area contributed by atoms with E-state index in [-0.39, 0.29) is 6.04 Å². The Kier molecular flexibility index (Phi) is 3.06. The number of fused-ring (bicyclic) bond motifs is 1. The molecule has 2 aromatic rings. The van der Waals surface area contributed by atoms with E-state index in [4.69, 9.17) is 11.6 Å². The summed E-state index contributed by atoms with van der Waals surface area (Å²) in [6.45, 7) is 4.01. The van der Waals surface area contributed by atoms with Crippen molar-refractivity contribution in [3.8, 4) is 0 Å². The first-order chi connectivity index (χ1) is 8.74. The van der Waals surface area contributed by atoms with Gasteiger partial charge in [-0.3, -0.25) is 0 Å². The molecule has 1 aliphatic rings. The van der Waals surface area contributed by atoms with Gasteiger partial charge in [-0.05, 0) is 24.6 Å². The molecule has 0 saturated carbocycles. The summed E-state index contributed by atoms with van der Waals surface area (Å²) in [5.41, 5.74) is 1.17. The van der Waals surface area contributed by atoms with Crippen molar-refractivity contribution in [2.45, 2.75) is 25.9 Å². The Morgan fingerprint density at radius 1 is 1.44 bits per heavy atom. The van der Waals surface area contributed by atoms with Crippen LogP contribution in [0.3, 0.4) is 0 Å². The Bertz CT molecular complexity index is 564. The Labute approximate surface area is 111 Å². The zero-order chi connectivity index (χ0) is 12.5. The molecule has 2 heterocycles. The van der Waals surface area contributed by atoms with Crippen molar-refractivity contribution in [2.75, 3.05) is 6.54 Å². The minimum atomic E-state index is 0.277. The summed E-state index contributed by atoms with van der Waals surface area (Å²) in [4.78, 5) is 0. The van der Waals surface area contributed by atoms with Crippen molar-refractivity contribution in [3.05, 3.63) is 46.5 Å². The van der Waals surface area contributed by atoms with Gasteiger partial charge in [-0.25, -0.2) is 0 Å². The van der Waals surface area contributed by atoms with Gasteiger partial charge in [0, 0.05) is 24.5 Å². The molecule has 0 spiro atoms. The van der Waals surface area contributed by atoms with Gasteiger partial charge < -0.3 is 9.88 Å². The van der Waals surface area contributed by atoms with Crippen LogP contribution in [-0.4, -0.2) is 21.3 Å². The molecule has 0 fully saturated rings. The van der Waals surface area contributed by atoms with E-state index < -0.39 is 0 Å². The third kappa shape index (κ3) is 2.13. The van der Waals surface area contributed by atoms with Gasteiger partial charge in [-0.1, -0.05) is 23.7 Å². The van der Waals surface area contributed by atoms with Crippen LogP contribution in [0.15, 0.2) is 24.3 Å². The number of nitrogens with zero attached hydrogens (tertiary/aromatic N) is 3. The summed E-state index contributed by atoms with van der Waals surface area (Å²) in [5.74, 6) is 2.04. The Hall–Kier alpha value is -1.39. The SMILES string of the molecule is CC1NCCn2c(Cc3cccc(Cl)c3)nnc21. The fourth-order valence-corrected chi connectivity index (χ4v) is 2.57. The second-order valence-electron chi connectivity index (χ2n) is 4.61. The molecule has 0 bridgehead atoms. The third-order valence-corrected chi connectivity index (χ3v) is 3.52. The Morgan fingerprint density at radius 3 is 3.17 bits per heavy atom. The highest BCUT2D eigenvalue weighted by atomic mass is 35.5. The molecule has 0 radical (unpaired) electrons. The summed E-state index contributed by atoms with van der Waals surface area (Å²) in [5, 5.41) is 12.7. The topological polar surface area (TPSA) is 42.7 Å². The van der Waals surface area contributed by atoms with Crippen LogP contribution in [0.4, 0.5) is 0 Å². The monoisotopic (exact) mass is 262 g/mol. The first-order valence-corrected chi connectivity index (χ1v) is 6.51.